The minimum atomic E-state index is -0.511. The molecule has 2 amide bonds. The number of carbonyl (C=O) groups is 2. The fourth-order valence-corrected chi connectivity index (χ4v) is 3.07. The summed E-state index contributed by atoms with van der Waals surface area (Å²) in [5.41, 5.74) is 3.73. The van der Waals surface area contributed by atoms with Gasteiger partial charge in [0.15, 0.2) is 0 Å². The Bertz CT molecular complexity index is 971. The fraction of sp³-hybridized carbons (Fsp3) is 0.261. The highest BCUT2D eigenvalue weighted by atomic mass is 16.5. The van der Waals surface area contributed by atoms with Crippen molar-refractivity contribution in [1.29, 1.82) is 0 Å². The van der Waals surface area contributed by atoms with Gasteiger partial charge in [-0.1, -0.05) is 48.5 Å². The molecule has 0 atom stereocenters. The number of hydrogen-bond acceptors (Lipinski definition) is 4. The summed E-state index contributed by atoms with van der Waals surface area (Å²) < 4.78 is 6.63. The number of nitrogens with zero attached hydrogens (tertiary/aromatic N) is 3. The Balaban J connectivity index is 1.74. The number of amides is 2. The molecule has 0 spiro atoms. The molecule has 0 saturated carbocycles. The van der Waals surface area contributed by atoms with Crippen LogP contribution in [0.5, 0.6) is 0 Å². The third-order valence-electron chi connectivity index (χ3n) is 4.57. The number of alkyl carbamates (subject to hydrolysis) is 1. The zero-order valence-corrected chi connectivity index (χ0v) is 17.2. The van der Waals surface area contributed by atoms with E-state index < -0.39 is 6.09 Å². The quantitative estimate of drug-likeness (QED) is 0.620. The Morgan fingerprint density at radius 2 is 1.73 bits per heavy atom. The lowest BCUT2D eigenvalue weighted by atomic mass is 10.1. The van der Waals surface area contributed by atoms with Crippen molar-refractivity contribution in [2.45, 2.75) is 19.9 Å². The van der Waals surface area contributed by atoms with Gasteiger partial charge in [0.05, 0.1) is 18.0 Å². The second kappa shape index (κ2) is 10.2. The van der Waals surface area contributed by atoms with Gasteiger partial charge in [-0.05, 0) is 19.1 Å². The predicted octanol–water partition coefficient (Wildman–Crippen LogP) is 3.63. The van der Waals surface area contributed by atoms with E-state index in [0.717, 1.165) is 22.5 Å². The van der Waals surface area contributed by atoms with Crippen LogP contribution in [0.2, 0.25) is 0 Å². The summed E-state index contributed by atoms with van der Waals surface area (Å²) in [5, 5.41) is 7.35. The Kier molecular flexibility index (Phi) is 7.21. The average Bonchev–Trinajstić information content (AvgIpc) is 3.19. The van der Waals surface area contributed by atoms with E-state index in [1.54, 1.807) is 18.9 Å². The minimum absolute atomic E-state index is 0.0710. The third kappa shape index (κ3) is 5.47. The molecule has 0 radical (unpaired) electrons. The first kappa shape index (κ1) is 21.1. The van der Waals surface area contributed by atoms with Gasteiger partial charge >= 0.3 is 6.09 Å². The van der Waals surface area contributed by atoms with Crippen LogP contribution in [0.15, 0.2) is 66.9 Å². The zero-order valence-electron chi connectivity index (χ0n) is 17.2. The molecule has 7 heteroatoms. The molecule has 0 saturated heterocycles. The van der Waals surface area contributed by atoms with Crippen molar-refractivity contribution in [2.75, 3.05) is 20.2 Å². The van der Waals surface area contributed by atoms with Gasteiger partial charge < -0.3 is 15.0 Å². The number of hydrogen-bond donors (Lipinski definition) is 1. The van der Waals surface area contributed by atoms with E-state index in [9.17, 15) is 9.59 Å². The lowest BCUT2D eigenvalue weighted by molar-refractivity contribution is -0.130. The summed E-state index contributed by atoms with van der Waals surface area (Å²) in [6.07, 6.45) is 1.64. The first-order valence-electron chi connectivity index (χ1n) is 9.92. The molecule has 1 heterocycles. The van der Waals surface area contributed by atoms with Gasteiger partial charge in [0.2, 0.25) is 5.91 Å². The van der Waals surface area contributed by atoms with Gasteiger partial charge in [-0.2, -0.15) is 5.10 Å². The average molecular weight is 406 g/mol. The van der Waals surface area contributed by atoms with Crippen LogP contribution in [-0.2, 0) is 16.1 Å². The largest absolute Gasteiger partial charge is 0.450 e. The van der Waals surface area contributed by atoms with E-state index in [-0.39, 0.29) is 18.9 Å². The van der Waals surface area contributed by atoms with Crippen molar-refractivity contribution in [2.24, 2.45) is 0 Å². The molecular formula is C23H26N4O3. The van der Waals surface area contributed by atoms with Crippen LogP contribution < -0.4 is 5.32 Å². The van der Waals surface area contributed by atoms with E-state index in [4.69, 9.17) is 9.84 Å². The van der Waals surface area contributed by atoms with Crippen molar-refractivity contribution < 1.29 is 14.3 Å². The second-order valence-electron chi connectivity index (χ2n) is 6.80. The van der Waals surface area contributed by atoms with E-state index in [0.29, 0.717) is 13.2 Å². The topological polar surface area (TPSA) is 76.5 Å². The van der Waals surface area contributed by atoms with Crippen LogP contribution in [0.3, 0.4) is 0 Å². The minimum Gasteiger partial charge on any atom is -0.450 e. The standard InChI is InChI=1S/C23H26N4O3/c1-3-30-23(29)24-15-14-21(28)26(2)16-19-17-27(20-12-8-5-9-13-20)25-22(19)18-10-6-4-7-11-18/h4-13,17H,3,14-16H2,1-2H3,(H,24,29). The summed E-state index contributed by atoms with van der Waals surface area (Å²) in [7, 11) is 1.75. The second-order valence-corrected chi connectivity index (χ2v) is 6.80. The Hall–Kier alpha value is -3.61. The number of benzene rings is 2. The molecule has 1 aromatic heterocycles. The number of carbonyl (C=O) groups excluding carboxylic acids is 2. The van der Waals surface area contributed by atoms with Crippen LogP contribution in [0.1, 0.15) is 18.9 Å². The van der Waals surface area contributed by atoms with Gasteiger partial charge in [0.25, 0.3) is 0 Å². The summed E-state index contributed by atoms with van der Waals surface area (Å²) in [6, 6.07) is 19.8. The monoisotopic (exact) mass is 406 g/mol. The molecule has 0 aliphatic carbocycles. The molecular weight excluding hydrogens is 380 g/mol. The molecule has 0 aliphatic heterocycles. The molecule has 2 aromatic carbocycles. The lowest BCUT2D eigenvalue weighted by Crippen LogP contribution is -2.32. The normalized spacial score (nSPS) is 10.5. The highest BCUT2D eigenvalue weighted by Gasteiger charge is 2.17. The van der Waals surface area contributed by atoms with Crippen LogP contribution in [0.25, 0.3) is 16.9 Å². The summed E-state index contributed by atoms with van der Waals surface area (Å²) in [5.74, 6) is -0.0710. The van der Waals surface area contributed by atoms with E-state index in [1.807, 2.05) is 71.5 Å². The molecule has 30 heavy (non-hydrogen) atoms. The van der Waals surface area contributed by atoms with Crippen LogP contribution in [-0.4, -0.2) is 46.9 Å². The van der Waals surface area contributed by atoms with Gasteiger partial charge in [-0.15, -0.1) is 0 Å². The van der Waals surface area contributed by atoms with Crippen LogP contribution in [0, 0.1) is 0 Å². The van der Waals surface area contributed by atoms with Gasteiger partial charge in [0, 0.05) is 43.9 Å². The Labute approximate surface area is 176 Å². The first-order chi connectivity index (χ1) is 14.6. The predicted molar refractivity (Wildman–Crippen MR) is 115 cm³/mol. The van der Waals surface area contributed by atoms with Crippen molar-refractivity contribution in [3.8, 4) is 16.9 Å². The number of aromatic nitrogens is 2. The maximum absolute atomic E-state index is 12.5. The molecule has 3 rings (SSSR count). The number of para-hydroxylation sites is 1. The molecule has 0 aliphatic rings. The van der Waals surface area contributed by atoms with Gasteiger partial charge in [0.1, 0.15) is 0 Å². The first-order valence-corrected chi connectivity index (χ1v) is 9.92. The number of nitrogens with one attached hydrogen (secondary N) is 1. The van der Waals surface area contributed by atoms with Crippen molar-refractivity contribution in [3.05, 3.63) is 72.4 Å². The molecule has 156 valence electrons. The van der Waals surface area contributed by atoms with Crippen LogP contribution >= 0.6 is 0 Å². The van der Waals surface area contributed by atoms with Gasteiger partial charge in [-0.3, -0.25) is 4.79 Å². The smallest absolute Gasteiger partial charge is 0.407 e. The van der Waals surface area contributed by atoms with E-state index in [1.165, 1.54) is 0 Å². The highest BCUT2D eigenvalue weighted by molar-refractivity contribution is 5.77. The van der Waals surface area contributed by atoms with Gasteiger partial charge in [-0.25, -0.2) is 9.48 Å². The summed E-state index contributed by atoms with van der Waals surface area (Å²) in [6.45, 7) is 2.68. The zero-order chi connectivity index (χ0) is 21.3. The maximum Gasteiger partial charge on any atom is 0.407 e. The number of ether oxygens (including phenoxy) is 1. The van der Waals surface area contributed by atoms with Crippen molar-refractivity contribution in [3.63, 3.8) is 0 Å². The highest BCUT2D eigenvalue weighted by Crippen LogP contribution is 2.24. The Morgan fingerprint density at radius 1 is 1.07 bits per heavy atom. The molecule has 0 fully saturated rings. The van der Waals surface area contributed by atoms with Crippen LogP contribution in [0.4, 0.5) is 4.79 Å². The van der Waals surface area contributed by atoms with E-state index in [2.05, 4.69) is 5.32 Å². The molecule has 0 bridgehead atoms. The Morgan fingerprint density at radius 3 is 2.40 bits per heavy atom. The summed E-state index contributed by atoms with van der Waals surface area (Å²) >= 11 is 0. The third-order valence-corrected chi connectivity index (χ3v) is 4.57. The SMILES string of the molecule is CCOC(=O)NCCC(=O)N(C)Cc1cn(-c2ccccc2)nc1-c1ccccc1. The molecule has 3 aromatic rings. The van der Waals surface area contributed by atoms with Crippen molar-refractivity contribution in [1.82, 2.24) is 20.0 Å². The van der Waals surface area contributed by atoms with E-state index >= 15 is 0 Å². The summed E-state index contributed by atoms with van der Waals surface area (Å²) in [4.78, 5) is 25.5. The fourth-order valence-electron chi connectivity index (χ4n) is 3.07. The molecule has 1 N–H and O–H groups in total. The maximum atomic E-state index is 12.5. The lowest BCUT2D eigenvalue weighted by Gasteiger charge is -2.17. The number of rotatable bonds is 8. The van der Waals surface area contributed by atoms with Crippen molar-refractivity contribution >= 4 is 12.0 Å². The molecule has 7 nitrogen and oxygen atoms in total. The molecule has 0 unspecified atom stereocenters.